The van der Waals surface area contributed by atoms with E-state index in [1.54, 1.807) is 0 Å². The monoisotopic (exact) mass is 378 g/mol. The number of amides is 1. The smallest absolute Gasteiger partial charge is 0.230 e. The van der Waals surface area contributed by atoms with Crippen molar-refractivity contribution in [2.75, 3.05) is 5.75 Å². The van der Waals surface area contributed by atoms with E-state index in [2.05, 4.69) is 22.4 Å². The molecule has 0 unspecified atom stereocenters. The molecule has 0 saturated heterocycles. The van der Waals surface area contributed by atoms with Crippen molar-refractivity contribution in [3.8, 4) is 11.4 Å². The second-order valence-corrected chi connectivity index (χ2v) is 7.98. The first-order valence-electron chi connectivity index (χ1n) is 8.62. The number of carbonyl (C=O) groups excluding carboxylic acids is 1. The highest BCUT2D eigenvalue weighted by Crippen LogP contribution is 2.25. The standard InChI is InChI=1S/C18H23ClN4OS/c1-12-5-3-4-6-15(12)20-16(24)11-25-18-22-21-17(23(18)2)13-7-9-14(19)10-8-13/h7-10,12,15H,3-6,11H2,1-2H3,(H,20,24)/t12-,15+/m1/s1. The van der Waals surface area contributed by atoms with Crippen LogP contribution in [0.25, 0.3) is 11.4 Å². The van der Waals surface area contributed by atoms with Crippen LogP contribution in [0.15, 0.2) is 29.4 Å². The van der Waals surface area contributed by atoms with Gasteiger partial charge in [0.2, 0.25) is 5.91 Å². The van der Waals surface area contributed by atoms with E-state index in [0.29, 0.717) is 22.7 Å². The molecule has 2 aromatic rings. The van der Waals surface area contributed by atoms with Gasteiger partial charge in [-0.15, -0.1) is 10.2 Å². The second-order valence-electron chi connectivity index (χ2n) is 6.60. The van der Waals surface area contributed by atoms with Gasteiger partial charge in [-0.2, -0.15) is 0 Å². The molecular formula is C18H23ClN4OS. The Morgan fingerprint density at radius 3 is 2.72 bits per heavy atom. The molecule has 25 heavy (non-hydrogen) atoms. The van der Waals surface area contributed by atoms with Crippen molar-refractivity contribution in [2.24, 2.45) is 13.0 Å². The Labute approximate surface area is 157 Å². The van der Waals surface area contributed by atoms with Crippen molar-refractivity contribution in [3.63, 3.8) is 0 Å². The SMILES string of the molecule is C[C@@H]1CCCC[C@@H]1NC(=O)CSc1nnc(-c2ccc(Cl)cc2)n1C. The molecule has 7 heteroatoms. The van der Waals surface area contributed by atoms with Crippen molar-refractivity contribution in [3.05, 3.63) is 29.3 Å². The van der Waals surface area contributed by atoms with Crippen LogP contribution in [0.5, 0.6) is 0 Å². The highest BCUT2D eigenvalue weighted by atomic mass is 35.5. The highest BCUT2D eigenvalue weighted by molar-refractivity contribution is 7.99. The fourth-order valence-corrected chi connectivity index (χ4v) is 4.05. The minimum atomic E-state index is 0.0693. The zero-order chi connectivity index (χ0) is 17.8. The topological polar surface area (TPSA) is 59.8 Å². The molecule has 1 heterocycles. The van der Waals surface area contributed by atoms with E-state index in [9.17, 15) is 4.79 Å². The quantitative estimate of drug-likeness (QED) is 0.801. The molecule has 1 aromatic carbocycles. The summed E-state index contributed by atoms with van der Waals surface area (Å²) >= 11 is 7.34. The maximum atomic E-state index is 12.3. The number of aromatic nitrogens is 3. The van der Waals surface area contributed by atoms with Gasteiger partial charge in [-0.1, -0.05) is 43.1 Å². The van der Waals surface area contributed by atoms with Gasteiger partial charge in [-0.25, -0.2) is 0 Å². The maximum absolute atomic E-state index is 12.3. The summed E-state index contributed by atoms with van der Waals surface area (Å²) in [6, 6.07) is 7.80. The predicted molar refractivity (Wildman–Crippen MR) is 102 cm³/mol. The van der Waals surface area contributed by atoms with E-state index in [0.717, 1.165) is 23.0 Å². The number of halogens is 1. The van der Waals surface area contributed by atoms with Gasteiger partial charge < -0.3 is 9.88 Å². The molecular weight excluding hydrogens is 356 g/mol. The van der Waals surface area contributed by atoms with Crippen LogP contribution < -0.4 is 5.32 Å². The number of hydrogen-bond acceptors (Lipinski definition) is 4. The highest BCUT2D eigenvalue weighted by Gasteiger charge is 2.23. The third-order valence-electron chi connectivity index (χ3n) is 4.73. The molecule has 3 rings (SSSR count). The molecule has 2 atom stereocenters. The van der Waals surface area contributed by atoms with Crippen molar-refractivity contribution in [1.82, 2.24) is 20.1 Å². The Kier molecular flexibility index (Phi) is 6.02. The summed E-state index contributed by atoms with van der Waals surface area (Å²) in [6.45, 7) is 2.22. The van der Waals surface area contributed by atoms with Crippen LogP contribution in [0.3, 0.4) is 0 Å². The Morgan fingerprint density at radius 1 is 1.28 bits per heavy atom. The summed E-state index contributed by atoms with van der Waals surface area (Å²) in [5, 5.41) is 13.0. The predicted octanol–water partition coefficient (Wildman–Crippen LogP) is 3.92. The van der Waals surface area contributed by atoms with Gasteiger partial charge in [-0.05, 0) is 43.0 Å². The Bertz CT molecular complexity index is 731. The zero-order valence-corrected chi connectivity index (χ0v) is 16.1. The van der Waals surface area contributed by atoms with Gasteiger partial charge in [0.25, 0.3) is 0 Å². The van der Waals surface area contributed by atoms with Crippen LogP contribution in [-0.2, 0) is 11.8 Å². The number of nitrogens with one attached hydrogen (secondary N) is 1. The number of carbonyl (C=O) groups is 1. The van der Waals surface area contributed by atoms with Crippen molar-refractivity contribution < 1.29 is 4.79 Å². The molecule has 0 spiro atoms. The summed E-state index contributed by atoms with van der Waals surface area (Å²) in [6.07, 6.45) is 4.76. The molecule has 0 bridgehead atoms. The fourth-order valence-electron chi connectivity index (χ4n) is 3.20. The molecule has 1 fully saturated rings. The summed E-state index contributed by atoms with van der Waals surface area (Å²) in [7, 11) is 1.91. The lowest BCUT2D eigenvalue weighted by molar-refractivity contribution is -0.119. The zero-order valence-electron chi connectivity index (χ0n) is 14.5. The van der Waals surface area contributed by atoms with Crippen LogP contribution in [0.2, 0.25) is 5.02 Å². The summed E-state index contributed by atoms with van der Waals surface area (Å²) in [5.41, 5.74) is 0.951. The summed E-state index contributed by atoms with van der Waals surface area (Å²) in [4.78, 5) is 12.3. The van der Waals surface area contributed by atoms with Crippen LogP contribution in [0, 0.1) is 5.92 Å². The van der Waals surface area contributed by atoms with Gasteiger partial charge in [-0.3, -0.25) is 4.79 Å². The van der Waals surface area contributed by atoms with Crippen LogP contribution in [0.4, 0.5) is 0 Å². The van der Waals surface area contributed by atoms with Gasteiger partial charge in [0.1, 0.15) is 0 Å². The first-order valence-corrected chi connectivity index (χ1v) is 9.98. The minimum absolute atomic E-state index is 0.0693. The first-order chi connectivity index (χ1) is 12.0. The Balaban J connectivity index is 1.58. The van der Waals surface area contributed by atoms with E-state index in [4.69, 9.17) is 11.6 Å². The molecule has 1 aliphatic rings. The average Bonchev–Trinajstić information content (AvgIpc) is 2.97. The number of rotatable bonds is 5. The van der Waals surface area contributed by atoms with E-state index >= 15 is 0 Å². The van der Waals surface area contributed by atoms with Crippen LogP contribution in [0.1, 0.15) is 32.6 Å². The lowest BCUT2D eigenvalue weighted by Gasteiger charge is -2.29. The molecule has 1 amide bonds. The number of nitrogens with zero attached hydrogens (tertiary/aromatic N) is 3. The maximum Gasteiger partial charge on any atom is 0.230 e. The molecule has 1 N–H and O–H groups in total. The molecule has 0 radical (unpaired) electrons. The molecule has 1 aliphatic carbocycles. The van der Waals surface area contributed by atoms with Crippen LogP contribution in [-0.4, -0.2) is 32.5 Å². The van der Waals surface area contributed by atoms with Crippen molar-refractivity contribution in [2.45, 2.75) is 43.8 Å². The Hall–Kier alpha value is -1.53. The van der Waals surface area contributed by atoms with E-state index in [1.807, 2.05) is 35.9 Å². The van der Waals surface area contributed by atoms with Crippen molar-refractivity contribution in [1.29, 1.82) is 0 Å². The van der Waals surface area contributed by atoms with E-state index in [1.165, 1.54) is 31.0 Å². The van der Waals surface area contributed by atoms with Gasteiger partial charge in [0, 0.05) is 23.7 Å². The number of benzene rings is 1. The fraction of sp³-hybridized carbons (Fsp3) is 0.500. The normalized spacial score (nSPS) is 20.4. The lowest BCUT2D eigenvalue weighted by atomic mass is 9.86. The number of hydrogen-bond donors (Lipinski definition) is 1. The second kappa shape index (κ2) is 8.23. The van der Waals surface area contributed by atoms with E-state index in [-0.39, 0.29) is 5.91 Å². The average molecular weight is 379 g/mol. The lowest BCUT2D eigenvalue weighted by Crippen LogP contribution is -2.41. The van der Waals surface area contributed by atoms with Crippen LogP contribution >= 0.6 is 23.4 Å². The molecule has 5 nitrogen and oxygen atoms in total. The third-order valence-corrected chi connectivity index (χ3v) is 6.00. The molecule has 1 aromatic heterocycles. The minimum Gasteiger partial charge on any atom is -0.352 e. The summed E-state index contributed by atoms with van der Waals surface area (Å²) in [5.74, 6) is 1.75. The summed E-state index contributed by atoms with van der Waals surface area (Å²) < 4.78 is 1.91. The largest absolute Gasteiger partial charge is 0.352 e. The first kappa shape index (κ1) is 18.3. The van der Waals surface area contributed by atoms with Gasteiger partial charge >= 0.3 is 0 Å². The van der Waals surface area contributed by atoms with Gasteiger partial charge in [0.05, 0.1) is 5.75 Å². The molecule has 1 saturated carbocycles. The Morgan fingerprint density at radius 2 is 2.00 bits per heavy atom. The van der Waals surface area contributed by atoms with Gasteiger partial charge in [0.15, 0.2) is 11.0 Å². The van der Waals surface area contributed by atoms with E-state index < -0.39 is 0 Å². The number of thioether (sulfide) groups is 1. The third kappa shape index (κ3) is 4.55. The molecule has 0 aliphatic heterocycles. The van der Waals surface area contributed by atoms with Crippen molar-refractivity contribution >= 4 is 29.3 Å². The molecule has 134 valence electrons.